The van der Waals surface area contributed by atoms with E-state index >= 15 is 0 Å². The number of aryl methyl sites for hydroxylation is 4. The lowest BCUT2D eigenvalue weighted by molar-refractivity contribution is -0.119. The van der Waals surface area contributed by atoms with Gasteiger partial charge in [0, 0.05) is 25.5 Å². The van der Waals surface area contributed by atoms with Crippen LogP contribution in [0.4, 0.5) is 16.2 Å². The fraction of sp³-hybridized carbons (Fsp3) is 0.318. The second kappa shape index (κ2) is 8.86. The van der Waals surface area contributed by atoms with Gasteiger partial charge >= 0.3 is 6.03 Å². The van der Waals surface area contributed by atoms with Crippen molar-refractivity contribution in [2.24, 2.45) is 0 Å². The van der Waals surface area contributed by atoms with Crippen molar-refractivity contribution in [1.29, 1.82) is 0 Å². The molecule has 0 unspecified atom stereocenters. The number of nitrogens with one attached hydrogen (secondary N) is 4. The van der Waals surface area contributed by atoms with Crippen LogP contribution < -0.4 is 21.3 Å². The molecule has 0 saturated carbocycles. The summed E-state index contributed by atoms with van der Waals surface area (Å²) >= 11 is 0. The molecule has 0 radical (unpaired) electrons. The van der Waals surface area contributed by atoms with Crippen LogP contribution in [0.2, 0.25) is 0 Å². The Morgan fingerprint density at radius 3 is 2.47 bits per heavy atom. The maximum absolute atomic E-state index is 12.2. The molecule has 8 nitrogen and oxygen atoms in total. The Kier molecular flexibility index (Phi) is 6.25. The van der Waals surface area contributed by atoms with E-state index in [0.29, 0.717) is 12.2 Å². The van der Waals surface area contributed by atoms with Crippen LogP contribution in [-0.2, 0) is 11.3 Å². The van der Waals surface area contributed by atoms with Crippen LogP contribution in [0.15, 0.2) is 30.5 Å². The summed E-state index contributed by atoms with van der Waals surface area (Å²) in [4.78, 5) is 28.2. The first kappa shape index (κ1) is 21.2. The highest BCUT2D eigenvalue weighted by molar-refractivity contribution is 5.93. The highest BCUT2D eigenvalue weighted by Crippen LogP contribution is 2.25. The van der Waals surface area contributed by atoms with Gasteiger partial charge in [-0.05, 0) is 50.5 Å². The summed E-state index contributed by atoms with van der Waals surface area (Å²) in [6.45, 7) is 8.69. The topological polar surface area (TPSA) is 99.6 Å². The summed E-state index contributed by atoms with van der Waals surface area (Å²) in [7, 11) is 1.52. The van der Waals surface area contributed by atoms with E-state index in [1.54, 1.807) is 0 Å². The molecule has 0 bridgehead atoms. The molecular formula is C22H28N6O2. The van der Waals surface area contributed by atoms with Crippen molar-refractivity contribution in [2.45, 2.75) is 34.2 Å². The second-order valence-electron chi connectivity index (χ2n) is 7.32. The molecule has 158 valence electrons. The van der Waals surface area contributed by atoms with Crippen LogP contribution in [0.5, 0.6) is 0 Å². The fourth-order valence-electron chi connectivity index (χ4n) is 3.31. The molecule has 0 saturated heterocycles. The number of carbonyl (C=O) groups excluding carboxylic acids is 2. The van der Waals surface area contributed by atoms with E-state index in [-0.39, 0.29) is 12.5 Å². The number of likely N-dealkylation sites (N-methyl/N-ethyl adjacent to an activating group) is 1. The summed E-state index contributed by atoms with van der Waals surface area (Å²) in [5, 5.41) is 11.3. The Bertz CT molecular complexity index is 1080. The first-order valence-corrected chi connectivity index (χ1v) is 9.84. The average molecular weight is 409 g/mol. The van der Waals surface area contributed by atoms with Gasteiger partial charge in [0.25, 0.3) is 0 Å². The number of imidazole rings is 1. The first-order valence-electron chi connectivity index (χ1n) is 9.84. The third kappa shape index (κ3) is 4.53. The number of pyridine rings is 1. The molecule has 0 fully saturated rings. The highest BCUT2D eigenvalue weighted by atomic mass is 16.2. The lowest BCUT2D eigenvalue weighted by Gasteiger charge is -2.15. The number of hydrogen-bond donors (Lipinski definition) is 4. The van der Waals surface area contributed by atoms with E-state index in [4.69, 9.17) is 0 Å². The van der Waals surface area contributed by atoms with E-state index in [2.05, 4.69) is 58.3 Å². The molecule has 1 aromatic carbocycles. The van der Waals surface area contributed by atoms with Gasteiger partial charge in [-0.25, -0.2) is 9.78 Å². The minimum Gasteiger partial charge on any atom is -0.378 e. The van der Waals surface area contributed by atoms with E-state index < -0.39 is 6.03 Å². The minimum absolute atomic E-state index is 0.0918. The fourth-order valence-corrected chi connectivity index (χ4v) is 3.31. The maximum atomic E-state index is 12.2. The largest absolute Gasteiger partial charge is 0.378 e. The molecule has 8 heteroatoms. The lowest BCUT2D eigenvalue weighted by atomic mass is 10.0. The predicted molar refractivity (Wildman–Crippen MR) is 119 cm³/mol. The van der Waals surface area contributed by atoms with Gasteiger partial charge in [-0.1, -0.05) is 18.2 Å². The molecular weight excluding hydrogens is 380 g/mol. The van der Waals surface area contributed by atoms with Crippen LogP contribution in [0.25, 0.3) is 5.65 Å². The van der Waals surface area contributed by atoms with Crippen molar-refractivity contribution >= 4 is 29.0 Å². The molecule has 4 N–H and O–H groups in total. The normalized spacial score (nSPS) is 10.7. The van der Waals surface area contributed by atoms with Gasteiger partial charge in [0.1, 0.15) is 0 Å². The van der Waals surface area contributed by atoms with Crippen LogP contribution in [0.3, 0.4) is 0 Å². The first-order chi connectivity index (χ1) is 14.3. The molecule has 3 amide bonds. The number of urea groups is 1. The van der Waals surface area contributed by atoms with Crippen LogP contribution in [0.1, 0.15) is 28.1 Å². The number of benzene rings is 1. The zero-order chi connectivity index (χ0) is 21.8. The van der Waals surface area contributed by atoms with Crippen molar-refractivity contribution in [3.63, 3.8) is 0 Å². The van der Waals surface area contributed by atoms with Crippen LogP contribution in [-0.4, -0.2) is 34.9 Å². The van der Waals surface area contributed by atoms with E-state index in [9.17, 15) is 9.59 Å². The summed E-state index contributed by atoms with van der Waals surface area (Å²) in [5.41, 5.74) is 7.80. The van der Waals surface area contributed by atoms with Gasteiger partial charge in [-0.3, -0.25) is 4.79 Å². The third-order valence-corrected chi connectivity index (χ3v) is 5.24. The zero-order valence-corrected chi connectivity index (χ0v) is 18.0. The second-order valence-corrected chi connectivity index (χ2v) is 7.32. The molecule has 0 aliphatic carbocycles. The Balaban J connectivity index is 1.88. The van der Waals surface area contributed by atoms with Crippen molar-refractivity contribution < 1.29 is 9.59 Å². The number of nitrogens with zero attached hydrogens (tertiary/aromatic N) is 2. The van der Waals surface area contributed by atoms with Gasteiger partial charge in [-0.15, -0.1) is 0 Å². The average Bonchev–Trinajstić information content (AvgIpc) is 3.00. The summed E-state index contributed by atoms with van der Waals surface area (Å²) in [6.07, 6.45) is 1.83. The molecule has 0 aliphatic rings. The molecule has 2 aromatic heterocycles. The number of fused-ring (bicyclic) bond motifs is 1. The molecule has 0 aliphatic heterocycles. The van der Waals surface area contributed by atoms with Crippen molar-refractivity contribution in [3.05, 3.63) is 58.5 Å². The monoisotopic (exact) mass is 408 g/mol. The van der Waals surface area contributed by atoms with E-state index in [1.165, 1.54) is 23.7 Å². The maximum Gasteiger partial charge on any atom is 0.319 e. The summed E-state index contributed by atoms with van der Waals surface area (Å²) in [5.74, 6) is -0.266. The Labute approximate surface area is 176 Å². The van der Waals surface area contributed by atoms with Gasteiger partial charge in [0.05, 0.1) is 23.6 Å². The third-order valence-electron chi connectivity index (χ3n) is 5.24. The molecule has 2 heterocycles. The van der Waals surface area contributed by atoms with Gasteiger partial charge in [0.2, 0.25) is 5.91 Å². The van der Waals surface area contributed by atoms with Crippen molar-refractivity contribution in [2.75, 3.05) is 24.2 Å². The van der Waals surface area contributed by atoms with E-state index in [1.807, 2.05) is 30.5 Å². The number of aromatic nitrogens is 2. The Hall–Kier alpha value is -3.55. The predicted octanol–water partition coefficient (Wildman–Crippen LogP) is 3.05. The number of hydrogen-bond acceptors (Lipinski definition) is 4. The van der Waals surface area contributed by atoms with Crippen LogP contribution in [0, 0.1) is 27.7 Å². The molecule has 3 aromatic rings. The quantitative estimate of drug-likeness (QED) is 0.504. The van der Waals surface area contributed by atoms with Crippen molar-refractivity contribution in [1.82, 2.24) is 20.0 Å². The summed E-state index contributed by atoms with van der Waals surface area (Å²) in [6, 6.07) is 7.65. The number of anilines is 2. The van der Waals surface area contributed by atoms with Gasteiger partial charge in [-0.2, -0.15) is 0 Å². The number of carbonyl (C=O) groups is 2. The standard InChI is InChI=1S/C22H28N6O2/c1-13-7-6-8-14(2)18(13)10-24-19-9-17(27-22(30)25-11-20(29)23-5)12-28-16(4)15(3)26-21(19)28/h6-9,12,24H,10-11H2,1-5H3,(H,23,29)(H2,25,27,30). The van der Waals surface area contributed by atoms with Crippen molar-refractivity contribution in [3.8, 4) is 0 Å². The van der Waals surface area contributed by atoms with Crippen LogP contribution >= 0.6 is 0 Å². The summed E-state index contributed by atoms with van der Waals surface area (Å²) < 4.78 is 1.96. The molecule has 30 heavy (non-hydrogen) atoms. The lowest BCUT2D eigenvalue weighted by Crippen LogP contribution is -2.37. The SMILES string of the molecule is CNC(=O)CNC(=O)Nc1cc(NCc2c(C)cccc2C)c2nc(C)c(C)n2c1. The number of amides is 3. The zero-order valence-electron chi connectivity index (χ0n) is 18.0. The molecule has 3 rings (SSSR count). The number of rotatable bonds is 6. The Morgan fingerprint density at radius 1 is 1.10 bits per heavy atom. The van der Waals surface area contributed by atoms with Gasteiger partial charge < -0.3 is 25.7 Å². The Morgan fingerprint density at radius 2 is 1.80 bits per heavy atom. The van der Waals surface area contributed by atoms with Gasteiger partial charge in [0.15, 0.2) is 5.65 Å². The molecule has 0 atom stereocenters. The minimum atomic E-state index is -0.451. The highest BCUT2D eigenvalue weighted by Gasteiger charge is 2.13. The molecule has 0 spiro atoms. The van der Waals surface area contributed by atoms with E-state index in [0.717, 1.165) is 22.7 Å². The smallest absolute Gasteiger partial charge is 0.319 e.